The van der Waals surface area contributed by atoms with Crippen molar-refractivity contribution in [2.75, 3.05) is 19.3 Å². The van der Waals surface area contributed by atoms with Gasteiger partial charge in [-0.1, -0.05) is 13.8 Å². The quantitative estimate of drug-likeness (QED) is 0.789. The van der Waals surface area contributed by atoms with Gasteiger partial charge in [-0.3, -0.25) is 4.79 Å². The molecule has 1 heterocycles. The molecular weight excluding hydrogens is 300 g/mol. The van der Waals surface area contributed by atoms with Gasteiger partial charge in [-0.2, -0.15) is 4.31 Å². The second kappa shape index (κ2) is 4.26. The number of hydrogen-bond acceptors (Lipinski definition) is 3. The Balaban J connectivity index is 1.62. The van der Waals surface area contributed by atoms with Crippen LogP contribution in [0.5, 0.6) is 0 Å². The lowest BCUT2D eigenvalue weighted by Crippen LogP contribution is -2.46. The maximum atomic E-state index is 12.7. The molecule has 124 valence electrons. The van der Waals surface area contributed by atoms with E-state index in [9.17, 15) is 13.2 Å². The van der Waals surface area contributed by atoms with Gasteiger partial charge in [0.2, 0.25) is 15.9 Å². The number of carbonyl (C=O) groups is 1. The summed E-state index contributed by atoms with van der Waals surface area (Å²) in [6, 6.07) is 0.381. The second-order valence-electron chi connectivity index (χ2n) is 8.40. The Morgan fingerprint density at radius 2 is 1.95 bits per heavy atom. The summed E-state index contributed by atoms with van der Waals surface area (Å²) in [5.41, 5.74) is -0.0557. The van der Waals surface area contributed by atoms with Crippen molar-refractivity contribution in [1.29, 1.82) is 0 Å². The van der Waals surface area contributed by atoms with Crippen LogP contribution in [-0.2, 0) is 14.8 Å². The highest BCUT2D eigenvalue weighted by molar-refractivity contribution is 7.89. The van der Waals surface area contributed by atoms with Crippen molar-refractivity contribution in [1.82, 2.24) is 9.21 Å². The number of amides is 1. The van der Waals surface area contributed by atoms with E-state index in [1.165, 1.54) is 0 Å². The maximum absolute atomic E-state index is 12.7. The van der Waals surface area contributed by atoms with Gasteiger partial charge >= 0.3 is 0 Å². The van der Waals surface area contributed by atoms with Crippen molar-refractivity contribution in [3.05, 3.63) is 0 Å². The molecule has 4 rings (SSSR count). The molecule has 3 atom stereocenters. The normalized spacial score (nSPS) is 41.6. The smallest absolute Gasteiger partial charge is 0.237 e. The third-order valence-corrected chi connectivity index (χ3v) is 9.29. The van der Waals surface area contributed by atoms with Crippen molar-refractivity contribution in [3.8, 4) is 0 Å². The van der Waals surface area contributed by atoms with Crippen molar-refractivity contribution in [3.63, 3.8) is 0 Å². The van der Waals surface area contributed by atoms with Gasteiger partial charge in [0.05, 0.1) is 12.3 Å². The summed E-state index contributed by atoms with van der Waals surface area (Å²) in [6.07, 6.45) is 5.18. The molecule has 22 heavy (non-hydrogen) atoms. The lowest BCUT2D eigenvalue weighted by Gasteiger charge is -2.37. The fourth-order valence-electron chi connectivity index (χ4n) is 5.49. The van der Waals surface area contributed by atoms with E-state index in [2.05, 4.69) is 13.8 Å². The fourth-order valence-corrected chi connectivity index (χ4v) is 8.00. The molecule has 3 saturated carbocycles. The molecule has 0 aromatic heterocycles. The topological polar surface area (TPSA) is 57.7 Å². The predicted octanol–water partition coefficient (Wildman–Crippen LogP) is 1.45. The summed E-state index contributed by atoms with van der Waals surface area (Å²) >= 11 is 0. The lowest BCUT2D eigenvalue weighted by molar-refractivity contribution is -0.131. The molecule has 5 nitrogen and oxygen atoms in total. The van der Waals surface area contributed by atoms with Crippen LogP contribution in [0.2, 0.25) is 0 Å². The van der Waals surface area contributed by atoms with E-state index in [4.69, 9.17) is 0 Å². The van der Waals surface area contributed by atoms with Crippen LogP contribution in [0.4, 0.5) is 0 Å². The molecule has 6 heteroatoms. The zero-order valence-electron chi connectivity index (χ0n) is 13.7. The van der Waals surface area contributed by atoms with Gasteiger partial charge in [0.25, 0.3) is 0 Å². The van der Waals surface area contributed by atoms with Crippen LogP contribution in [0, 0.1) is 16.7 Å². The first-order chi connectivity index (χ1) is 10.2. The highest BCUT2D eigenvalue weighted by atomic mass is 32.2. The fraction of sp³-hybridized carbons (Fsp3) is 0.938. The summed E-state index contributed by atoms with van der Waals surface area (Å²) in [7, 11) is -1.50. The highest BCUT2D eigenvalue weighted by Crippen LogP contribution is 2.69. The summed E-state index contributed by atoms with van der Waals surface area (Å²) in [5, 5.41) is 0. The Hall–Kier alpha value is -0.620. The van der Waals surface area contributed by atoms with E-state index in [1.54, 1.807) is 9.21 Å². The van der Waals surface area contributed by atoms with Gasteiger partial charge in [-0.25, -0.2) is 8.42 Å². The van der Waals surface area contributed by atoms with Crippen LogP contribution in [-0.4, -0.2) is 55.0 Å². The molecule has 4 fully saturated rings. The Kier molecular flexibility index (Phi) is 2.89. The molecule has 0 aromatic rings. The molecule has 1 amide bonds. The Bertz CT molecular complexity index is 625. The predicted molar refractivity (Wildman–Crippen MR) is 83.6 cm³/mol. The molecule has 3 aliphatic carbocycles. The van der Waals surface area contributed by atoms with Crippen molar-refractivity contribution in [2.24, 2.45) is 16.7 Å². The van der Waals surface area contributed by atoms with Crippen LogP contribution in [0.1, 0.15) is 46.0 Å². The van der Waals surface area contributed by atoms with Gasteiger partial charge in [0, 0.05) is 24.5 Å². The first-order valence-electron chi connectivity index (χ1n) is 8.44. The largest absolute Gasteiger partial charge is 0.342 e. The molecule has 1 spiro atoms. The van der Waals surface area contributed by atoms with Crippen molar-refractivity contribution >= 4 is 15.9 Å². The number of likely N-dealkylation sites (N-methyl/N-ethyl adjacent to an activating group) is 1. The standard InChI is InChI=1S/C16H26N2O3S/c1-15(2)11-6-7-16(15)10-22(20,21)18(13(16)8-11)9-14(19)17(3)12-4-5-12/h11-13H,4-10H2,1-3H3/t11-,13-,16+/m1/s1. The molecule has 0 aromatic carbocycles. The van der Waals surface area contributed by atoms with Crippen LogP contribution >= 0.6 is 0 Å². The first-order valence-corrected chi connectivity index (χ1v) is 10.1. The molecule has 0 radical (unpaired) electrons. The number of carbonyl (C=O) groups excluding carboxylic acids is 1. The number of rotatable bonds is 3. The van der Waals surface area contributed by atoms with Crippen LogP contribution in [0.25, 0.3) is 0 Å². The zero-order valence-corrected chi connectivity index (χ0v) is 14.5. The highest BCUT2D eigenvalue weighted by Gasteiger charge is 2.71. The summed E-state index contributed by atoms with van der Waals surface area (Å²) in [4.78, 5) is 14.2. The van der Waals surface area contributed by atoms with E-state index >= 15 is 0 Å². The second-order valence-corrected chi connectivity index (χ2v) is 10.3. The summed E-state index contributed by atoms with van der Waals surface area (Å²) in [5.74, 6) is 0.810. The Morgan fingerprint density at radius 3 is 2.55 bits per heavy atom. The number of nitrogens with zero attached hydrogens (tertiary/aromatic N) is 2. The van der Waals surface area contributed by atoms with E-state index in [0.29, 0.717) is 12.0 Å². The summed E-state index contributed by atoms with van der Waals surface area (Å²) in [6.45, 7) is 4.52. The first kappa shape index (κ1) is 14.9. The monoisotopic (exact) mass is 326 g/mol. The number of fused-ring (bicyclic) bond motifs is 1. The minimum Gasteiger partial charge on any atom is -0.342 e. The van der Waals surface area contributed by atoms with Crippen LogP contribution in [0.3, 0.4) is 0 Å². The third-order valence-electron chi connectivity index (χ3n) is 7.31. The van der Waals surface area contributed by atoms with E-state index in [1.807, 2.05) is 7.05 Å². The van der Waals surface area contributed by atoms with Crippen molar-refractivity contribution in [2.45, 2.75) is 58.0 Å². The Labute approximate surface area is 133 Å². The van der Waals surface area contributed by atoms with Crippen molar-refractivity contribution < 1.29 is 13.2 Å². The van der Waals surface area contributed by atoms with Gasteiger partial charge in [-0.15, -0.1) is 0 Å². The zero-order chi connectivity index (χ0) is 15.9. The van der Waals surface area contributed by atoms with Gasteiger partial charge in [0.15, 0.2) is 0 Å². The minimum absolute atomic E-state index is 0.0382. The summed E-state index contributed by atoms with van der Waals surface area (Å²) < 4.78 is 27.1. The minimum atomic E-state index is -3.31. The molecule has 0 unspecified atom stereocenters. The Morgan fingerprint density at radius 1 is 1.27 bits per heavy atom. The van der Waals surface area contributed by atoms with Crippen LogP contribution in [0.15, 0.2) is 0 Å². The van der Waals surface area contributed by atoms with Gasteiger partial charge in [0.1, 0.15) is 0 Å². The SMILES string of the molecule is CN(C(=O)CN1[C@@H]2C[C@H]3CC[C@@]2(CS1(=O)=O)C3(C)C)C1CC1. The van der Waals surface area contributed by atoms with Gasteiger partial charge < -0.3 is 4.90 Å². The number of sulfonamides is 1. The van der Waals surface area contributed by atoms with E-state index in [0.717, 1.165) is 32.1 Å². The average molecular weight is 326 g/mol. The molecular formula is C16H26N2O3S. The van der Waals surface area contributed by atoms with Crippen LogP contribution < -0.4 is 0 Å². The van der Waals surface area contributed by atoms with E-state index < -0.39 is 10.0 Å². The van der Waals surface area contributed by atoms with E-state index in [-0.39, 0.29) is 35.1 Å². The molecule has 4 aliphatic rings. The molecule has 1 aliphatic heterocycles. The molecule has 0 N–H and O–H groups in total. The number of hydrogen-bond donors (Lipinski definition) is 0. The van der Waals surface area contributed by atoms with Gasteiger partial charge in [-0.05, 0) is 43.4 Å². The molecule has 1 saturated heterocycles. The average Bonchev–Trinajstić information content (AvgIpc) is 3.17. The maximum Gasteiger partial charge on any atom is 0.237 e. The third kappa shape index (κ3) is 1.74. The lowest BCUT2D eigenvalue weighted by atomic mass is 9.69. The molecule has 2 bridgehead atoms.